The van der Waals surface area contributed by atoms with E-state index in [1.54, 1.807) is 13.8 Å². The summed E-state index contributed by atoms with van der Waals surface area (Å²) in [6.45, 7) is 8.06. The van der Waals surface area contributed by atoms with Gasteiger partial charge in [0.25, 0.3) is 10.2 Å². The van der Waals surface area contributed by atoms with Crippen molar-refractivity contribution in [1.29, 1.82) is 0 Å². The monoisotopic (exact) mass is 223 g/mol. The molecule has 0 rings (SSSR count). The van der Waals surface area contributed by atoms with Crippen LogP contribution >= 0.6 is 0 Å². The van der Waals surface area contributed by atoms with Crippen LogP contribution in [-0.4, -0.2) is 27.0 Å². The predicted octanol–water partition coefficient (Wildman–Crippen LogP) is -0.196. The molecule has 0 aliphatic carbocycles. The SMILES string of the molecule is CC(C)CNS(=O)(=O)NCC(C)(C)N. The zero-order valence-electron chi connectivity index (χ0n) is 9.29. The van der Waals surface area contributed by atoms with Crippen molar-refractivity contribution in [3.8, 4) is 0 Å². The van der Waals surface area contributed by atoms with Crippen LogP contribution in [0.3, 0.4) is 0 Å². The average Bonchev–Trinajstić information content (AvgIpc) is 1.97. The summed E-state index contributed by atoms with van der Waals surface area (Å²) in [5.41, 5.74) is 5.11. The molecule has 0 aromatic rings. The average molecular weight is 223 g/mol. The lowest BCUT2D eigenvalue weighted by Gasteiger charge is -2.19. The topological polar surface area (TPSA) is 84.2 Å². The van der Waals surface area contributed by atoms with Crippen molar-refractivity contribution < 1.29 is 8.42 Å². The molecule has 0 fully saturated rings. The van der Waals surface area contributed by atoms with E-state index in [1.807, 2.05) is 13.8 Å². The lowest BCUT2D eigenvalue weighted by Crippen LogP contribution is -2.48. The van der Waals surface area contributed by atoms with E-state index in [0.29, 0.717) is 6.54 Å². The Balaban J connectivity index is 3.97. The third kappa shape index (κ3) is 8.43. The third-order valence-electron chi connectivity index (χ3n) is 1.40. The van der Waals surface area contributed by atoms with Crippen molar-refractivity contribution in [2.75, 3.05) is 13.1 Å². The molecule has 0 aromatic heterocycles. The molecule has 0 bridgehead atoms. The molecule has 14 heavy (non-hydrogen) atoms. The molecule has 0 radical (unpaired) electrons. The van der Waals surface area contributed by atoms with Crippen molar-refractivity contribution in [3.63, 3.8) is 0 Å². The molecule has 0 aliphatic heterocycles. The molecule has 0 atom stereocenters. The highest BCUT2D eigenvalue weighted by Crippen LogP contribution is 1.94. The van der Waals surface area contributed by atoms with Crippen LogP contribution in [0.5, 0.6) is 0 Å². The fraction of sp³-hybridized carbons (Fsp3) is 1.00. The van der Waals surface area contributed by atoms with E-state index in [2.05, 4.69) is 9.44 Å². The lowest BCUT2D eigenvalue weighted by atomic mass is 10.1. The minimum atomic E-state index is -3.39. The van der Waals surface area contributed by atoms with Gasteiger partial charge in [0.1, 0.15) is 0 Å². The highest BCUT2D eigenvalue weighted by molar-refractivity contribution is 7.87. The number of hydrogen-bond acceptors (Lipinski definition) is 3. The number of rotatable bonds is 6. The molecule has 0 heterocycles. The summed E-state index contributed by atoms with van der Waals surface area (Å²) >= 11 is 0. The molecule has 0 unspecified atom stereocenters. The summed E-state index contributed by atoms with van der Waals surface area (Å²) in [4.78, 5) is 0. The zero-order valence-corrected chi connectivity index (χ0v) is 10.1. The van der Waals surface area contributed by atoms with Gasteiger partial charge in [0.05, 0.1) is 0 Å². The van der Waals surface area contributed by atoms with Crippen LogP contribution in [-0.2, 0) is 10.2 Å². The van der Waals surface area contributed by atoms with E-state index in [-0.39, 0.29) is 12.5 Å². The highest BCUT2D eigenvalue weighted by Gasteiger charge is 2.16. The maximum absolute atomic E-state index is 11.3. The maximum Gasteiger partial charge on any atom is 0.276 e. The molecule has 0 saturated carbocycles. The Labute approximate surface area is 86.6 Å². The second-order valence-electron chi connectivity index (χ2n) is 4.56. The van der Waals surface area contributed by atoms with Gasteiger partial charge in [-0.25, -0.2) is 9.44 Å². The summed E-state index contributed by atoms with van der Waals surface area (Å²) in [6, 6.07) is 0. The highest BCUT2D eigenvalue weighted by atomic mass is 32.2. The Hall–Kier alpha value is -0.170. The van der Waals surface area contributed by atoms with Crippen LogP contribution < -0.4 is 15.2 Å². The summed E-state index contributed by atoms with van der Waals surface area (Å²) in [5, 5.41) is 0. The first kappa shape index (κ1) is 13.8. The Bertz CT molecular complexity index is 254. The number of hydrogen-bond donors (Lipinski definition) is 3. The fourth-order valence-corrected chi connectivity index (χ4v) is 1.83. The Kier molecular flexibility index (Phi) is 5.00. The predicted molar refractivity (Wildman–Crippen MR) is 58.0 cm³/mol. The largest absolute Gasteiger partial charge is 0.324 e. The van der Waals surface area contributed by atoms with Crippen LogP contribution in [0.25, 0.3) is 0 Å². The molecule has 0 saturated heterocycles. The zero-order chi connectivity index (χ0) is 11.4. The first-order valence-electron chi connectivity index (χ1n) is 4.65. The van der Waals surface area contributed by atoms with Crippen LogP contribution in [0.2, 0.25) is 0 Å². The standard InChI is InChI=1S/C8H21N3O2S/c1-7(2)5-10-14(12,13)11-6-8(3,4)9/h7,10-11H,5-6,9H2,1-4H3. The van der Waals surface area contributed by atoms with Crippen molar-refractivity contribution in [1.82, 2.24) is 9.44 Å². The minimum absolute atomic E-state index is 0.223. The maximum atomic E-state index is 11.3. The molecule has 0 aromatic carbocycles. The van der Waals surface area contributed by atoms with Crippen LogP contribution in [0.4, 0.5) is 0 Å². The quantitative estimate of drug-likeness (QED) is 0.583. The van der Waals surface area contributed by atoms with Crippen LogP contribution in [0.1, 0.15) is 27.7 Å². The molecule has 0 amide bonds. The van der Waals surface area contributed by atoms with Crippen LogP contribution in [0.15, 0.2) is 0 Å². The van der Waals surface area contributed by atoms with Gasteiger partial charge in [-0.1, -0.05) is 13.8 Å². The third-order valence-corrected chi connectivity index (χ3v) is 2.47. The molecule has 6 heteroatoms. The fourth-order valence-electron chi connectivity index (χ4n) is 0.608. The number of nitrogens with two attached hydrogens (primary N) is 1. The van der Waals surface area contributed by atoms with Crippen molar-refractivity contribution >= 4 is 10.2 Å². The summed E-state index contributed by atoms with van der Waals surface area (Å²) in [5.74, 6) is 0.289. The van der Waals surface area contributed by atoms with Gasteiger partial charge in [-0.2, -0.15) is 8.42 Å². The summed E-state index contributed by atoms with van der Waals surface area (Å²) in [6.07, 6.45) is 0. The van der Waals surface area contributed by atoms with E-state index in [0.717, 1.165) is 0 Å². The molecule has 4 N–H and O–H groups in total. The Morgan fingerprint density at radius 1 is 1.29 bits per heavy atom. The van der Waals surface area contributed by atoms with Gasteiger partial charge >= 0.3 is 0 Å². The van der Waals surface area contributed by atoms with Gasteiger partial charge in [-0.3, -0.25) is 0 Å². The number of nitrogens with one attached hydrogen (secondary N) is 2. The van der Waals surface area contributed by atoms with Crippen molar-refractivity contribution in [2.45, 2.75) is 33.2 Å². The van der Waals surface area contributed by atoms with E-state index in [9.17, 15) is 8.42 Å². The van der Waals surface area contributed by atoms with Crippen LogP contribution in [0, 0.1) is 5.92 Å². The smallest absolute Gasteiger partial charge is 0.276 e. The first-order valence-corrected chi connectivity index (χ1v) is 6.14. The molecule has 86 valence electrons. The van der Waals surface area contributed by atoms with Crippen molar-refractivity contribution in [2.24, 2.45) is 11.7 Å². The molecular weight excluding hydrogens is 202 g/mol. The van der Waals surface area contributed by atoms with Gasteiger partial charge in [-0.15, -0.1) is 0 Å². The van der Waals surface area contributed by atoms with Gasteiger partial charge < -0.3 is 5.73 Å². The van der Waals surface area contributed by atoms with Gasteiger partial charge in [0.15, 0.2) is 0 Å². The summed E-state index contributed by atoms with van der Waals surface area (Å²) in [7, 11) is -3.39. The van der Waals surface area contributed by atoms with E-state index >= 15 is 0 Å². The van der Waals surface area contributed by atoms with E-state index < -0.39 is 15.7 Å². The molecule has 0 aliphatic rings. The first-order chi connectivity index (χ1) is 6.12. The van der Waals surface area contributed by atoms with Gasteiger partial charge in [0, 0.05) is 18.6 Å². The van der Waals surface area contributed by atoms with Crippen molar-refractivity contribution in [3.05, 3.63) is 0 Å². The Morgan fingerprint density at radius 3 is 2.14 bits per heavy atom. The Morgan fingerprint density at radius 2 is 1.79 bits per heavy atom. The second kappa shape index (κ2) is 5.06. The normalized spacial score (nSPS) is 13.6. The minimum Gasteiger partial charge on any atom is -0.324 e. The lowest BCUT2D eigenvalue weighted by molar-refractivity contribution is 0.489. The molecular formula is C8H21N3O2S. The van der Waals surface area contributed by atoms with Gasteiger partial charge in [0.2, 0.25) is 0 Å². The van der Waals surface area contributed by atoms with E-state index in [1.165, 1.54) is 0 Å². The molecule has 5 nitrogen and oxygen atoms in total. The second-order valence-corrected chi connectivity index (χ2v) is 6.14. The van der Waals surface area contributed by atoms with E-state index in [4.69, 9.17) is 5.73 Å². The molecule has 0 spiro atoms. The van der Waals surface area contributed by atoms with Gasteiger partial charge in [-0.05, 0) is 19.8 Å². The summed E-state index contributed by atoms with van der Waals surface area (Å²) < 4.78 is 27.4.